The van der Waals surface area contributed by atoms with Gasteiger partial charge in [-0.05, 0) is 17.7 Å². The van der Waals surface area contributed by atoms with Gasteiger partial charge in [0.1, 0.15) is 22.7 Å². The van der Waals surface area contributed by atoms with E-state index in [1.165, 1.54) is 0 Å². The molecule has 8 nitrogen and oxygen atoms in total. The van der Waals surface area contributed by atoms with Crippen LogP contribution in [0, 0.1) is 0 Å². The number of aliphatic hydroxyl groups is 1. The van der Waals surface area contributed by atoms with Gasteiger partial charge in [0.25, 0.3) is 0 Å². The number of aromatic nitrogens is 6. The van der Waals surface area contributed by atoms with Crippen LogP contribution >= 0.6 is 0 Å². The Morgan fingerprint density at radius 1 is 0.706 bits per heavy atom. The molecule has 0 amide bonds. The molecule has 5 aromatic rings. The Hall–Kier alpha value is -4.30. The molecule has 3 aromatic carbocycles. The Labute approximate surface area is 197 Å². The third kappa shape index (κ3) is 4.57. The van der Waals surface area contributed by atoms with Crippen molar-refractivity contribution in [2.75, 3.05) is 7.11 Å². The summed E-state index contributed by atoms with van der Waals surface area (Å²) in [6.07, 6.45) is 3.67. The molecular formula is C26H24N6O2. The minimum atomic E-state index is -1.32. The molecule has 2 aromatic heterocycles. The average molecular weight is 453 g/mol. The van der Waals surface area contributed by atoms with Crippen molar-refractivity contribution in [2.45, 2.75) is 18.7 Å². The highest BCUT2D eigenvalue weighted by molar-refractivity contribution is 5.57. The number of nitrogens with zero attached hydrogens (tertiary/aromatic N) is 6. The smallest absolute Gasteiger partial charge is 0.129 e. The van der Waals surface area contributed by atoms with Gasteiger partial charge in [-0.15, -0.1) is 10.2 Å². The van der Waals surface area contributed by atoms with E-state index in [-0.39, 0.29) is 13.1 Å². The van der Waals surface area contributed by atoms with Gasteiger partial charge in [0.05, 0.1) is 32.6 Å². The second-order valence-electron chi connectivity index (χ2n) is 8.09. The lowest BCUT2D eigenvalue weighted by molar-refractivity contribution is -0.00614. The van der Waals surface area contributed by atoms with E-state index in [0.29, 0.717) is 11.3 Å². The Balaban J connectivity index is 1.45. The fraction of sp³-hybridized carbons (Fsp3) is 0.154. The summed E-state index contributed by atoms with van der Waals surface area (Å²) in [5.41, 5.74) is 2.79. The van der Waals surface area contributed by atoms with Crippen LogP contribution in [0.5, 0.6) is 5.75 Å². The molecule has 0 aliphatic rings. The number of benzene rings is 3. The van der Waals surface area contributed by atoms with Gasteiger partial charge in [0.15, 0.2) is 0 Å². The Bertz CT molecular complexity index is 1270. The van der Waals surface area contributed by atoms with E-state index in [1.54, 1.807) is 16.5 Å². The molecule has 0 aliphatic carbocycles. The third-order valence-corrected chi connectivity index (χ3v) is 5.69. The predicted molar refractivity (Wildman–Crippen MR) is 128 cm³/mol. The molecule has 5 rings (SSSR count). The van der Waals surface area contributed by atoms with Crippen molar-refractivity contribution in [3.63, 3.8) is 0 Å². The summed E-state index contributed by atoms with van der Waals surface area (Å²) in [4.78, 5) is 0. The van der Waals surface area contributed by atoms with Gasteiger partial charge in [-0.3, -0.25) is 0 Å². The van der Waals surface area contributed by atoms with Crippen molar-refractivity contribution in [1.82, 2.24) is 30.0 Å². The minimum absolute atomic E-state index is 0.180. The highest BCUT2D eigenvalue weighted by Gasteiger charge is 2.32. The highest BCUT2D eigenvalue weighted by atomic mass is 16.5. The highest BCUT2D eigenvalue weighted by Crippen LogP contribution is 2.28. The van der Waals surface area contributed by atoms with E-state index in [2.05, 4.69) is 20.6 Å². The normalized spacial score (nSPS) is 11.5. The van der Waals surface area contributed by atoms with Gasteiger partial charge in [0, 0.05) is 11.1 Å². The monoisotopic (exact) mass is 452 g/mol. The van der Waals surface area contributed by atoms with E-state index in [9.17, 15) is 5.11 Å². The number of ether oxygens (including phenoxy) is 1. The maximum Gasteiger partial charge on any atom is 0.129 e. The first kappa shape index (κ1) is 21.5. The number of rotatable bonds is 8. The lowest BCUT2D eigenvalue weighted by atomic mass is 9.93. The van der Waals surface area contributed by atoms with Crippen molar-refractivity contribution in [3.8, 4) is 28.3 Å². The molecule has 2 heterocycles. The summed E-state index contributed by atoms with van der Waals surface area (Å²) >= 11 is 0. The first-order valence-electron chi connectivity index (χ1n) is 10.9. The van der Waals surface area contributed by atoms with Crippen molar-refractivity contribution in [2.24, 2.45) is 0 Å². The number of hydrogen-bond donors (Lipinski definition) is 1. The van der Waals surface area contributed by atoms with Gasteiger partial charge in [-0.25, -0.2) is 9.36 Å². The van der Waals surface area contributed by atoms with E-state index in [4.69, 9.17) is 4.74 Å². The van der Waals surface area contributed by atoms with Gasteiger partial charge in [0.2, 0.25) is 0 Å². The Kier molecular flexibility index (Phi) is 5.88. The first-order chi connectivity index (χ1) is 16.6. The fourth-order valence-electron chi connectivity index (χ4n) is 3.90. The van der Waals surface area contributed by atoms with Crippen LogP contribution in [0.3, 0.4) is 0 Å². The predicted octanol–water partition coefficient (Wildman–Crippen LogP) is 3.80. The zero-order chi connectivity index (χ0) is 23.4. The Morgan fingerprint density at radius 3 is 1.62 bits per heavy atom. The van der Waals surface area contributed by atoms with Crippen LogP contribution in [-0.2, 0) is 18.7 Å². The van der Waals surface area contributed by atoms with E-state index >= 15 is 0 Å². The summed E-state index contributed by atoms with van der Waals surface area (Å²) in [7, 11) is 1.61. The van der Waals surface area contributed by atoms with Crippen LogP contribution in [0.15, 0.2) is 97.3 Å². The summed E-state index contributed by atoms with van der Waals surface area (Å²) in [5.74, 6) is 0.713. The molecule has 0 atom stereocenters. The van der Waals surface area contributed by atoms with Crippen LogP contribution in [-0.4, -0.2) is 42.2 Å². The molecule has 0 fully saturated rings. The SMILES string of the molecule is COc1ccc(C(O)(Cn2cc(-c3ccccc3)nn2)Cn2cc(-c3ccccc3)nn2)cc1. The Morgan fingerprint density at radius 2 is 1.18 bits per heavy atom. The van der Waals surface area contributed by atoms with Crippen LogP contribution in [0.1, 0.15) is 5.56 Å². The second-order valence-corrected chi connectivity index (χ2v) is 8.09. The van der Waals surface area contributed by atoms with Gasteiger partial charge < -0.3 is 9.84 Å². The maximum atomic E-state index is 11.9. The van der Waals surface area contributed by atoms with Crippen LogP contribution < -0.4 is 4.74 Å². The summed E-state index contributed by atoms with van der Waals surface area (Å²) in [5, 5.41) is 29.0. The maximum absolute atomic E-state index is 11.9. The molecule has 0 aliphatic heterocycles. The summed E-state index contributed by atoms with van der Waals surface area (Å²) in [6, 6.07) is 27.0. The molecule has 0 saturated heterocycles. The van der Waals surface area contributed by atoms with Gasteiger partial charge in [-0.1, -0.05) is 83.2 Å². The van der Waals surface area contributed by atoms with Crippen LogP contribution in [0.2, 0.25) is 0 Å². The standard InChI is InChI=1S/C26H24N6O2/c1-34-23-14-12-22(13-15-23)26(33,18-31-16-24(27-29-31)20-8-4-2-5-9-20)19-32-17-25(28-30-32)21-10-6-3-7-11-21/h2-17,33H,18-19H2,1H3. The van der Waals surface area contributed by atoms with Crippen molar-refractivity contribution in [1.29, 1.82) is 0 Å². The molecular weight excluding hydrogens is 428 g/mol. The van der Waals surface area contributed by atoms with E-state index in [1.807, 2.05) is 97.3 Å². The first-order valence-corrected chi connectivity index (χ1v) is 10.9. The molecule has 0 spiro atoms. The van der Waals surface area contributed by atoms with Crippen molar-refractivity contribution >= 4 is 0 Å². The molecule has 0 saturated carbocycles. The lowest BCUT2D eigenvalue weighted by Gasteiger charge is -2.28. The van der Waals surface area contributed by atoms with E-state index < -0.39 is 5.60 Å². The summed E-state index contributed by atoms with van der Waals surface area (Å²) in [6.45, 7) is 0.361. The number of hydrogen-bond acceptors (Lipinski definition) is 6. The second kappa shape index (κ2) is 9.29. The van der Waals surface area contributed by atoms with Crippen LogP contribution in [0.25, 0.3) is 22.5 Å². The van der Waals surface area contributed by atoms with E-state index in [0.717, 1.165) is 22.5 Å². The van der Waals surface area contributed by atoms with Gasteiger partial charge >= 0.3 is 0 Å². The van der Waals surface area contributed by atoms with Gasteiger partial charge in [-0.2, -0.15) is 0 Å². The zero-order valence-corrected chi connectivity index (χ0v) is 18.7. The number of methoxy groups -OCH3 is 1. The molecule has 8 heteroatoms. The molecule has 34 heavy (non-hydrogen) atoms. The largest absolute Gasteiger partial charge is 0.497 e. The van der Waals surface area contributed by atoms with Crippen molar-refractivity contribution in [3.05, 3.63) is 103 Å². The molecule has 1 N–H and O–H groups in total. The quantitative estimate of drug-likeness (QED) is 0.385. The van der Waals surface area contributed by atoms with Crippen LogP contribution in [0.4, 0.5) is 0 Å². The third-order valence-electron chi connectivity index (χ3n) is 5.69. The average Bonchev–Trinajstić information content (AvgIpc) is 3.55. The molecule has 0 radical (unpaired) electrons. The minimum Gasteiger partial charge on any atom is -0.497 e. The summed E-state index contributed by atoms with van der Waals surface area (Å²) < 4.78 is 8.60. The molecule has 0 bridgehead atoms. The zero-order valence-electron chi connectivity index (χ0n) is 18.7. The fourth-order valence-corrected chi connectivity index (χ4v) is 3.90. The molecule has 170 valence electrons. The van der Waals surface area contributed by atoms with Crippen molar-refractivity contribution < 1.29 is 9.84 Å². The molecule has 0 unspecified atom stereocenters. The topological polar surface area (TPSA) is 90.9 Å². The lowest BCUT2D eigenvalue weighted by Crippen LogP contribution is -2.36.